The summed E-state index contributed by atoms with van der Waals surface area (Å²) in [6, 6.07) is 8.71. The van der Waals surface area contributed by atoms with E-state index in [1.54, 1.807) is 24.3 Å². The van der Waals surface area contributed by atoms with Crippen molar-refractivity contribution >= 4 is 29.2 Å². The van der Waals surface area contributed by atoms with Crippen LogP contribution in [0, 0.1) is 0 Å². The Balaban J connectivity index is 2.48. The Bertz CT molecular complexity index is 329. The molecule has 0 heterocycles. The topological polar surface area (TPSA) is 26.3 Å². The number of halogens is 2. The molecular formula is C10H8Cl2O2. The monoisotopic (exact) mass is 230 g/mol. The van der Waals surface area contributed by atoms with Gasteiger partial charge in [-0.25, -0.2) is 4.79 Å². The van der Waals surface area contributed by atoms with Crippen LogP contribution in [0.2, 0.25) is 0 Å². The quantitative estimate of drug-likeness (QED) is 0.747. The zero-order valence-corrected chi connectivity index (χ0v) is 8.76. The standard InChI is InChI=1S/C10H8Cl2O2/c11-9(12)6-7-14-10(13)8-4-2-1-3-5-8/h1-6H,7H2. The van der Waals surface area contributed by atoms with Crippen molar-refractivity contribution in [3.63, 3.8) is 0 Å². The van der Waals surface area contributed by atoms with Gasteiger partial charge in [-0.2, -0.15) is 0 Å². The first-order valence-electron chi connectivity index (χ1n) is 3.93. The van der Waals surface area contributed by atoms with Crippen molar-refractivity contribution < 1.29 is 9.53 Å². The van der Waals surface area contributed by atoms with Crippen LogP contribution in [0.15, 0.2) is 40.9 Å². The molecule has 0 spiro atoms. The molecule has 0 saturated heterocycles. The highest BCUT2D eigenvalue weighted by Gasteiger charge is 2.03. The number of hydrogen-bond donors (Lipinski definition) is 0. The van der Waals surface area contributed by atoms with Gasteiger partial charge in [-0.15, -0.1) is 0 Å². The Morgan fingerprint density at radius 3 is 2.50 bits per heavy atom. The maximum absolute atomic E-state index is 11.3. The smallest absolute Gasteiger partial charge is 0.338 e. The Hall–Kier alpha value is -0.990. The summed E-state index contributed by atoms with van der Waals surface area (Å²) < 4.78 is 4.94. The number of hydrogen-bond acceptors (Lipinski definition) is 2. The first-order chi connectivity index (χ1) is 6.70. The molecule has 1 aromatic rings. The average Bonchev–Trinajstić information content (AvgIpc) is 2.18. The lowest BCUT2D eigenvalue weighted by molar-refractivity contribution is 0.0549. The van der Waals surface area contributed by atoms with Gasteiger partial charge in [0.1, 0.15) is 11.1 Å². The molecule has 0 bridgehead atoms. The second kappa shape index (κ2) is 5.68. The highest BCUT2D eigenvalue weighted by Crippen LogP contribution is 2.06. The number of rotatable bonds is 3. The average molecular weight is 231 g/mol. The SMILES string of the molecule is O=C(OCC=C(Cl)Cl)c1ccccc1. The van der Waals surface area contributed by atoms with Crippen LogP contribution in [0.5, 0.6) is 0 Å². The zero-order chi connectivity index (χ0) is 10.4. The van der Waals surface area contributed by atoms with E-state index in [0.717, 1.165) is 0 Å². The molecule has 74 valence electrons. The first-order valence-corrected chi connectivity index (χ1v) is 4.69. The molecule has 0 unspecified atom stereocenters. The largest absolute Gasteiger partial charge is 0.458 e. The molecule has 0 amide bonds. The fourth-order valence-corrected chi connectivity index (χ4v) is 0.964. The lowest BCUT2D eigenvalue weighted by atomic mass is 10.2. The van der Waals surface area contributed by atoms with E-state index < -0.39 is 5.97 Å². The maximum atomic E-state index is 11.3. The summed E-state index contributed by atoms with van der Waals surface area (Å²) in [5, 5.41) is 0. The van der Waals surface area contributed by atoms with Gasteiger partial charge in [0.25, 0.3) is 0 Å². The van der Waals surface area contributed by atoms with Gasteiger partial charge in [0.05, 0.1) is 5.56 Å². The molecule has 0 atom stereocenters. The van der Waals surface area contributed by atoms with Gasteiger partial charge in [0.15, 0.2) is 0 Å². The van der Waals surface area contributed by atoms with E-state index in [4.69, 9.17) is 27.9 Å². The fraction of sp³-hybridized carbons (Fsp3) is 0.100. The Morgan fingerprint density at radius 2 is 1.93 bits per heavy atom. The molecule has 0 fully saturated rings. The fourth-order valence-electron chi connectivity index (χ4n) is 0.838. The van der Waals surface area contributed by atoms with Crippen molar-refractivity contribution in [3.05, 3.63) is 46.5 Å². The highest BCUT2D eigenvalue weighted by molar-refractivity contribution is 6.55. The molecule has 0 saturated carbocycles. The third-order valence-corrected chi connectivity index (χ3v) is 1.77. The van der Waals surface area contributed by atoms with Gasteiger partial charge < -0.3 is 4.74 Å². The van der Waals surface area contributed by atoms with E-state index in [9.17, 15) is 4.79 Å². The number of carbonyl (C=O) groups is 1. The van der Waals surface area contributed by atoms with Gasteiger partial charge in [-0.05, 0) is 18.2 Å². The van der Waals surface area contributed by atoms with Gasteiger partial charge in [0.2, 0.25) is 0 Å². The summed E-state index contributed by atoms with van der Waals surface area (Å²) in [5.41, 5.74) is 0.506. The number of esters is 1. The predicted octanol–water partition coefficient (Wildman–Crippen LogP) is 3.16. The lowest BCUT2D eigenvalue weighted by Gasteiger charge is -2.00. The molecule has 0 aliphatic carbocycles. The zero-order valence-electron chi connectivity index (χ0n) is 7.24. The molecule has 0 N–H and O–H groups in total. The Kier molecular flexibility index (Phi) is 4.50. The maximum Gasteiger partial charge on any atom is 0.338 e. The molecule has 0 aliphatic rings. The van der Waals surface area contributed by atoms with E-state index in [-0.39, 0.29) is 11.1 Å². The van der Waals surface area contributed by atoms with E-state index >= 15 is 0 Å². The normalized spacial score (nSPS) is 9.29. The number of carbonyl (C=O) groups excluding carboxylic acids is 1. The van der Waals surface area contributed by atoms with Gasteiger partial charge in [-0.3, -0.25) is 0 Å². The third kappa shape index (κ3) is 3.81. The summed E-state index contributed by atoms with van der Waals surface area (Å²) in [4.78, 5) is 11.3. The van der Waals surface area contributed by atoms with Crippen LogP contribution < -0.4 is 0 Å². The van der Waals surface area contributed by atoms with Gasteiger partial charge in [0, 0.05) is 0 Å². The molecular weight excluding hydrogens is 223 g/mol. The van der Waals surface area contributed by atoms with Crippen LogP contribution in [0.25, 0.3) is 0 Å². The second-order valence-corrected chi connectivity index (χ2v) is 3.47. The van der Waals surface area contributed by atoms with E-state index in [1.165, 1.54) is 6.08 Å². The van der Waals surface area contributed by atoms with E-state index in [0.29, 0.717) is 5.56 Å². The Labute approximate surface area is 92.1 Å². The van der Waals surface area contributed by atoms with Crippen LogP contribution in [0.3, 0.4) is 0 Å². The minimum Gasteiger partial charge on any atom is -0.458 e. The van der Waals surface area contributed by atoms with Crippen LogP contribution >= 0.6 is 23.2 Å². The van der Waals surface area contributed by atoms with Crippen molar-refractivity contribution in [2.45, 2.75) is 0 Å². The molecule has 14 heavy (non-hydrogen) atoms. The Morgan fingerprint density at radius 1 is 1.29 bits per heavy atom. The summed E-state index contributed by atoms with van der Waals surface area (Å²) in [6.45, 7) is 0.0794. The molecule has 1 rings (SSSR count). The molecule has 0 radical (unpaired) electrons. The van der Waals surface area contributed by atoms with Gasteiger partial charge in [-0.1, -0.05) is 41.4 Å². The lowest BCUT2D eigenvalue weighted by Crippen LogP contribution is -2.04. The summed E-state index contributed by atoms with van der Waals surface area (Å²) >= 11 is 10.7. The third-order valence-electron chi connectivity index (χ3n) is 1.46. The van der Waals surface area contributed by atoms with Gasteiger partial charge >= 0.3 is 5.97 Å². The molecule has 0 aliphatic heterocycles. The molecule has 4 heteroatoms. The highest BCUT2D eigenvalue weighted by atomic mass is 35.5. The number of benzene rings is 1. The van der Waals surface area contributed by atoms with Crippen molar-refractivity contribution in [1.82, 2.24) is 0 Å². The van der Waals surface area contributed by atoms with Crippen molar-refractivity contribution in [1.29, 1.82) is 0 Å². The minimum absolute atomic E-state index is 0.0794. The van der Waals surface area contributed by atoms with E-state index in [2.05, 4.69) is 0 Å². The molecule has 1 aromatic carbocycles. The van der Waals surface area contributed by atoms with Crippen LogP contribution in [-0.2, 0) is 4.74 Å². The van der Waals surface area contributed by atoms with Crippen LogP contribution in [0.4, 0.5) is 0 Å². The summed E-state index contributed by atoms with van der Waals surface area (Å²) in [6.07, 6.45) is 1.41. The van der Waals surface area contributed by atoms with Crippen molar-refractivity contribution in [2.75, 3.05) is 6.61 Å². The van der Waals surface area contributed by atoms with Crippen molar-refractivity contribution in [3.8, 4) is 0 Å². The summed E-state index contributed by atoms with van der Waals surface area (Å²) in [7, 11) is 0. The summed E-state index contributed by atoms with van der Waals surface area (Å²) in [5.74, 6) is -0.392. The second-order valence-electron chi connectivity index (χ2n) is 2.46. The van der Waals surface area contributed by atoms with E-state index in [1.807, 2.05) is 6.07 Å². The molecule has 0 aromatic heterocycles. The van der Waals surface area contributed by atoms with Crippen LogP contribution in [0.1, 0.15) is 10.4 Å². The molecule has 2 nitrogen and oxygen atoms in total. The van der Waals surface area contributed by atoms with Crippen LogP contribution in [-0.4, -0.2) is 12.6 Å². The minimum atomic E-state index is -0.392. The first kappa shape index (κ1) is 11.1. The predicted molar refractivity (Wildman–Crippen MR) is 56.5 cm³/mol. The number of ether oxygens (including phenoxy) is 1. The van der Waals surface area contributed by atoms with Crippen molar-refractivity contribution in [2.24, 2.45) is 0 Å².